The summed E-state index contributed by atoms with van der Waals surface area (Å²) in [6, 6.07) is 3.79. The minimum absolute atomic E-state index is 0.0140. The summed E-state index contributed by atoms with van der Waals surface area (Å²) in [5.41, 5.74) is 1.79. The zero-order valence-corrected chi connectivity index (χ0v) is 18.1. The average Bonchev–Trinajstić information content (AvgIpc) is 3.16. The van der Waals surface area contributed by atoms with Gasteiger partial charge in [-0.05, 0) is 31.2 Å². The summed E-state index contributed by atoms with van der Waals surface area (Å²) in [6.45, 7) is 9.05. The number of rotatable bonds is 4. The molecule has 2 aromatic rings. The second kappa shape index (κ2) is 8.24. The van der Waals surface area contributed by atoms with Crippen molar-refractivity contribution in [1.29, 1.82) is 0 Å². The van der Waals surface area contributed by atoms with Gasteiger partial charge in [-0.1, -0.05) is 20.8 Å². The molecule has 1 atom stereocenters. The van der Waals surface area contributed by atoms with Gasteiger partial charge in [0.15, 0.2) is 5.65 Å². The fraction of sp³-hybridized carbons (Fsp3) is 0.636. The molecule has 4 heterocycles. The molecule has 2 fully saturated rings. The van der Waals surface area contributed by atoms with Crippen molar-refractivity contribution < 1.29 is 14.3 Å². The van der Waals surface area contributed by atoms with Crippen LogP contribution >= 0.6 is 0 Å². The van der Waals surface area contributed by atoms with Gasteiger partial charge in [-0.3, -0.25) is 9.59 Å². The van der Waals surface area contributed by atoms with Crippen LogP contribution in [0.25, 0.3) is 5.65 Å². The summed E-state index contributed by atoms with van der Waals surface area (Å²) in [5.74, 6) is 0.947. The third-order valence-corrected chi connectivity index (χ3v) is 6.05. The Labute approximate surface area is 177 Å². The number of nitrogens with zero attached hydrogens (tertiary/aromatic N) is 4. The SMILES string of the molecule is CC(C)(C)c1cn2nc(OCC3CCN(C(=O)C4CCNC(=O)C4)CC3)ccc2n1. The number of fused-ring (bicyclic) bond motifs is 1. The van der Waals surface area contributed by atoms with Gasteiger partial charge in [0, 0.05) is 43.5 Å². The van der Waals surface area contributed by atoms with Gasteiger partial charge in [0.1, 0.15) is 0 Å². The number of hydrogen-bond acceptors (Lipinski definition) is 5. The van der Waals surface area contributed by atoms with Crippen LogP contribution in [0.1, 0.15) is 52.1 Å². The van der Waals surface area contributed by atoms with Gasteiger partial charge in [-0.2, -0.15) is 0 Å². The van der Waals surface area contributed by atoms with E-state index in [0.29, 0.717) is 31.4 Å². The minimum Gasteiger partial charge on any atom is -0.476 e. The first-order valence-electron chi connectivity index (χ1n) is 10.8. The Kier molecular flexibility index (Phi) is 5.66. The quantitative estimate of drug-likeness (QED) is 0.830. The molecule has 0 aliphatic carbocycles. The van der Waals surface area contributed by atoms with Crippen LogP contribution in [-0.4, -0.2) is 57.6 Å². The van der Waals surface area contributed by atoms with Crippen LogP contribution in [-0.2, 0) is 15.0 Å². The molecule has 0 saturated carbocycles. The molecule has 8 heteroatoms. The van der Waals surface area contributed by atoms with E-state index >= 15 is 0 Å². The van der Waals surface area contributed by atoms with Gasteiger partial charge in [-0.25, -0.2) is 9.50 Å². The van der Waals surface area contributed by atoms with Crippen LogP contribution in [0, 0.1) is 11.8 Å². The molecule has 0 spiro atoms. The Balaban J connectivity index is 1.28. The fourth-order valence-corrected chi connectivity index (χ4v) is 4.08. The van der Waals surface area contributed by atoms with E-state index < -0.39 is 0 Å². The molecule has 2 aliphatic heterocycles. The largest absolute Gasteiger partial charge is 0.476 e. The number of hydrogen-bond donors (Lipinski definition) is 1. The molecular weight excluding hydrogens is 382 g/mol. The molecule has 1 unspecified atom stereocenters. The Hall–Kier alpha value is -2.64. The van der Waals surface area contributed by atoms with Crippen molar-refractivity contribution in [3.05, 3.63) is 24.0 Å². The summed E-state index contributed by atoms with van der Waals surface area (Å²) in [5, 5.41) is 7.33. The van der Waals surface area contributed by atoms with E-state index in [4.69, 9.17) is 4.74 Å². The van der Waals surface area contributed by atoms with Gasteiger partial charge < -0.3 is 15.0 Å². The van der Waals surface area contributed by atoms with Crippen molar-refractivity contribution in [2.24, 2.45) is 11.8 Å². The normalized spacial score (nSPS) is 21.0. The summed E-state index contributed by atoms with van der Waals surface area (Å²) in [4.78, 5) is 30.8. The zero-order chi connectivity index (χ0) is 21.3. The van der Waals surface area contributed by atoms with Crippen molar-refractivity contribution >= 4 is 17.5 Å². The van der Waals surface area contributed by atoms with Crippen molar-refractivity contribution in [3.8, 4) is 5.88 Å². The van der Waals surface area contributed by atoms with E-state index in [1.165, 1.54) is 0 Å². The minimum atomic E-state index is -0.157. The van der Waals surface area contributed by atoms with Gasteiger partial charge in [0.2, 0.25) is 17.7 Å². The predicted octanol–water partition coefficient (Wildman–Crippen LogP) is 2.17. The van der Waals surface area contributed by atoms with E-state index in [2.05, 4.69) is 36.2 Å². The van der Waals surface area contributed by atoms with E-state index in [9.17, 15) is 9.59 Å². The lowest BCUT2D eigenvalue weighted by Gasteiger charge is -2.35. The monoisotopic (exact) mass is 413 g/mol. The molecule has 4 rings (SSSR count). The molecule has 2 aromatic heterocycles. The van der Waals surface area contributed by atoms with E-state index in [0.717, 1.165) is 43.7 Å². The van der Waals surface area contributed by atoms with Crippen molar-refractivity contribution in [2.75, 3.05) is 26.2 Å². The smallest absolute Gasteiger partial charge is 0.231 e. The molecule has 1 N–H and O–H groups in total. The second-order valence-corrected chi connectivity index (χ2v) is 9.47. The average molecular weight is 414 g/mol. The lowest BCUT2D eigenvalue weighted by Crippen LogP contribution is -2.46. The molecular formula is C22H31N5O3. The van der Waals surface area contributed by atoms with Gasteiger partial charge in [-0.15, -0.1) is 5.10 Å². The second-order valence-electron chi connectivity index (χ2n) is 9.47. The first kappa shape index (κ1) is 20.6. The van der Waals surface area contributed by atoms with Crippen LogP contribution in [0.2, 0.25) is 0 Å². The maximum absolute atomic E-state index is 12.7. The van der Waals surface area contributed by atoms with Gasteiger partial charge >= 0.3 is 0 Å². The third kappa shape index (κ3) is 4.57. The number of imidazole rings is 1. The highest BCUT2D eigenvalue weighted by Gasteiger charge is 2.31. The van der Waals surface area contributed by atoms with Crippen LogP contribution in [0.3, 0.4) is 0 Å². The van der Waals surface area contributed by atoms with Crippen LogP contribution < -0.4 is 10.1 Å². The summed E-state index contributed by atoms with van der Waals surface area (Å²) < 4.78 is 7.73. The van der Waals surface area contributed by atoms with Crippen LogP contribution in [0.15, 0.2) is 18.3 Å². The number of carbonyl (C=O) groups excluding carboxylic acids is 2. The van der Waals surface area contributed by atoms with Gasteiger partial charge in [0.05, 0.1) is 18.5 Å². The van der Waals surface area contributed by atoms with E-state index in [-0.39, 0.29) is 23.1 Å². The predicted molar refractivity (Wildman–Crippen MR) is 112 cm³/mol. The molecule has 2 aliphatic rings. The van der Waals surface area contributed by atoms with E-state index in [1.54, 1.807) is 4.52 Å². The highest BCUT2D eigenvalue weighted by molar-refractivity contribution is 5.87. The maximum atomic E-state index is 12.7. The van der Waals surface area contributed by atoms with Gasteiger partial charge in [0.25, 0.3) is 0 Å². The molecule has 0 radical (unpaired) electrons. The fourth-order valence-electron chi connectivity index (χ4n) is 4.08. The Morgan fingerprint density at radius 2 is 2.00 bits per heavy atom. The lowest BCUT2D eigenvalue weighted by atomic mass is 9.93. The standard InChI is InChI=1S/C22H31N5O3/c1-22(2,3)17-13-27-18(24-17)4-5-20(25-27)30-14-15-7-10-26(11-8-15)21(29)16-6-9-23-19(28)12-16/h4-5,13,15-16H,6-12,14H2,1-3H3,(H,23,28). The number of ether oxygens (including phenoxy) is 1. The molecule has 2 saturated heterocycles. The lowest BCUT2D eigenvalue weighted by molar-refractivity contribution is -0.141. The summed E-state index contributed by atoms with van der Waals surface area (Å²) in [6.07, 6.45) is 4.84. The molecule has 30 heavy (non-hydrogen) atoms. The summed E-state index contributed by atoms with van der Waals surface area (Å²) in [7, 11) is 0. The Morgan fingerprint density at radius 3 is 2.70 bits per heavy atom. The maximum Gasteiger partial charge on any atom is 0.231 e. The van der Waals surface area contributed by atoms with E-state index in [1.807, 2.05) is 23.2 Å². The first-order valence-corrected chi connectivity index (χ1v) is 10.8. The number of piperidine rings is 2. The zero-order valence-electron chi connectivity index (χ0n) is 18.1. The van der Waals surface area contributed by atoms with Crippen molar-refractivity contribution in [1.82, 2.24) is 24.8 Å². The number of aromatic nitrogens is 3. The third-order valence-electron chi connectivity index (χ3n) is 6.05. The molecule has 0 aromatic carbocycles. The topological polar surface area (TPSA) is 88.8 Å². The molecule has 162 valence electrons. The van der Waals surface area contributed by atoms with Crippen molar-refractivity contribution in [3.63, 3.8) is 0 Å². The Bertz CT molecular complexity index is 924. The molecule has 2 amide bonds. The first-order chi connectivity index (χ1) is 14.3. The molecule has 8 nitrogen and oxygen atoms in total. The van der Waals surface area contributed by atoms with Crippen molar-refractivity contribution in [2.45, 2.75) is 51.9 Å². The van der Waals surface area contributed by atoms with Crippen LogP contribution in [0.5, 0.6) is 5.88 Å². The van der Waals surface area contributed by atoms with Crippen LogP contribution in [0.4, 0.5) is 0 Å². The highest BCUT2D eigenvalue weighted by Crippen LogP contribution is 2.24. The highest BCUT2D eigenvalue weighted by atomic mass is 16.5. The summed E-state index contributed by atoms with van der Waals surface area (Å²) >= 11 is 0. The number of carbonyl (C=O) groups is 2. The molecule has 0 bridgehead atoms. The number of likely N-dealkylation sites (tertiary alicyclic amines) is 1. The number of amides is 2. The number of nitrogens with one attached hydrogen (secondary N) is 1. The Morgan fingerprint density at radius 1 is 1.23 bits per heavy atom.